The van der Waals surface area contributed by atoms with Crippen molar-refractivity contribution in [3.8, 4) is 0 Å². The van der Waals surface area contributed by atoms with Crippen LogP contribution in [0.1, 0.15) is 13.8 Å². The molecule has 16 heavy (non-hydrogen) atoms. The van der Waals surface area contributed by atoms with Gasteiger partial charge in [0.25, 0.3) is 0 Å². The van der Waals surface area contributed by atoms with Crippen LogP contribution in [0.15, 0.2) is 38.3 Å². The number of fused-ring (bicyclic) bond motifs is 1. The van der Waals surface area contributed by atoms with Gasteiger partial charge in [-0.1, -0.05) is 26.0 Å². The minimum Gasteiger partial charge on any atom is -0.372 e. The molecule has 0 aliphatic carbocycles. The molecule has 0 spiro atoms. The summed E-state index contributed by atoms with van der Waals surface area (Å²) in [4.78, 5) is 24.1. The quantitative estimate of drug-likeness (QED) is 0.691. The minimum atomic E-state index is -0.723. The minimum absolute atomic E-state index is 0.333. The molecule has 86 valence electrons. The first-order valence-corrected chi connectivity index (χ1v) is 4.88. The lowest BCUT2D eigenvalue weighted by Crippen LogP contribution is -2.13. The molecule has 0 fully saturated rings. The van der Waals surface area contributed by atoms with Crippen LogP contribution in [-0.4, -0.2) is 11.0 Å². The first kappa shape index (κ1) is 12.2. The summed E-state index contributed by atoms with van der Waals surface area (Å²) in [7, 11) is 0. The fourth-order valence-corrected chi connectivity index (χ4v) is 1.04. The molecule has 5 heteroatoms. The first-order chi connectivity index (χ1) is 7.50. The van der Waals surface area contributed by atoms with Gasteiger partial charge < -0.3 is 10.2 Å². The molecule has 2 aromatic rings. The zero-order valence-corrected chi connectivity index (χ0v) is 9.19. The second-order valence-corrected chi connectivity index (χ2v) is 3.59. The Bertz CT molecular complexity index is 566. The van der Waals surface area contributed by atoms with Crippen molar-refractivity contribution in [2.75, 3.05) is 0 Å². The molecule has 0 radical (unpaired) electrons. The summed E-state index contributed by atoms with van der Waals surface area (Å²) >= 11 is 0. The molecule has 0 atom stereocenters. The second kappa shape index (κ2) is 5.27. The average Bonchev–Trinajstić information content (AvgIpc) is 2.16. The van der Waals surface area contributed by atoms with E-state index >= 15 is 0 Å². The predicted octanol–water partition coefficient (Wildman–Crippen LogP) is 0.835. The molecule has 0 saturated carbocycles. The van der Waals surface area contributed by atoms with E-state index < -0.39 is 11.4 Å². The number of hydrogen-bond acceptors (Lipinski definition) is 4. The van der Waals surface area contributed by atoms with Crippen LogP contribution in [0.5, 0.6) is 0 Å². The SMILES string of the molecule is CC(C)N.O=c1[nH]c2ccccc2c(=O)o1. The monoisotopic (exact) mass is 222 g/mol. The summed E-state index contributed by atoms with van der Waals surface area (Å²) in [5.74, 6) is -0.723. The third kappa shape index (κ3) is 3.36. The maximum absolute atomic E-state index is 11.0. The molecule has 1 aromatic heterocycles. The Morgan fingerprint density at radius 1 is 1.25 bits per heavy atom. The Hall–Kier alpha value is -1.88. The summed E-state index contributed by atoms with van der Waals surface area (Å²) in [5, 5.41) is 0.386. The van der Waals surface area contributed by atoms with Gasteiger partial charge in [0, 0.05) is 0 Å². The van der Waals surface area contributed by atoms with E-state index in [1.165, 1.54) is 0 Å². The third-order valence-electron chi connectivity index (χ3n) is 1.57. The van der Waals surface area contributed by atoms with Crippen molar-refractivity contribution < 1.29 is 4.42 Å². The fourth-order valence-electron chi connectivity index (χ4n) is 1.04. The molecule has 5 nitrogen and oxygen atoms in total. The average molecular weight is 222 g/mol. The molecule has 0 aliphatic heterocycles. The molecule has 3 N–H and O–H groups in total. The highest BCUT2D eigenvalue weighted by atomic mass is 16.4. The third-order valence-corrected chi connectivity index (χ3v) is 1.57. The van der Waals surface area contributed by atoms with Crippen LogP contribution < -0.4 is 17.1 Å². The Balaban J connectivity index is 0.000000280. The first-order valence-electron chi connectivity index (χ1n) is 4.88. The number of aromatic nitrogens is 1. The van der Waals surface area contributed by atoms with E-state index in [1.54, 1.807) is 24.3 Å². The van der Waals surface area contributed by atoms with Gasteiger partial charge in [-0.2, -0.15) is 0 Å². The van der Waals surface area contributed by atoms with E-state index in [9.17, 15) is 9.59 Å². The van der Waals surface area contributed by atoms with Crippen LogP contribution in [0, 0.1) is 0 Å². The van der Waals surface area contributed by atoms with Crippen molar-refractivity contribution in [2.45, 2.75) is 19.9 Å². The van der Waals surface area contributed by atoms with Crippen LogP contribution in [0.3, 0.4) is 0 Å². The molecule has 0 saturated heterocycles. The number of nitrogens with two attached hydrogens (primary N) is 1. The van der Waals surface area contributed by atoms with Gasteiger partial charge in [0.05, 0.1) is 10.9 Å². The standard InChI is InChI=1S/C8H5NO3.C3H9N/c10-7-5-3-1-2-4-6(5)9-8(11)12-7;1-3(2)4/h1-4H,(H,9,11);3H,4H2,1-2H3. The smallest absolute Gasteiger partial charge is 0.372 e. The van der Waals surface area contributed by atoms with Gasteiger partial charge in [0.15, 0.2) is 0 Å². The van der Waals surface area contributed by atoms with Gasteiger partial charge >= 0.3 is 11.4 Å². The molecule has 0 aliphatic rings. The van der Waals surface area contributed by atoms with Gasteiger partial charge in [-0.05, 0) is 18.2 Å². The molecular formula is C11H14N2O3. The number of benzene rings is 1. The summed E-state index contributed by atoms with van der Waals surface area (Å²) in [6.45, 7) is 3.89. The fraction of sp³-hybridized carbons (Fsp3) is 0.273. The zero-order valence-electron chi connectivity index (χ0n) is 9.19. The summed E-state index contributed by atoms with van der Waals surface area (Å²) < 4.78 is 4.32. The van der Waals surface area contributed by atoms with Crippen LogP contribution in [-0.2, 0) is 0 Å². The van der Waals surface area contributed by atoms with Crippen molar-refractivity contribution >= 4 is 10.9 Å². The zero-order chi connectivity index (χ0) is 12.1. The molecular weight excluding hydrogens is 208 g/mol. The summed E-state index contributed by atoms with van der Waals surface area (Å²) in [6.07, 6.45) is 0. The highest BCUT2D eigenvalue weighted by molar-refractivity contribution is 5.76. The summed E-state index contributed by atoms with van der Waals surface area (Å²) in [6, 6.07) is 7.01. The lowest BCUT2D eigenvalue weighted by atomic mass is 10.2. The van der Waals surface area contributed by atoms with Crippen molar-refractivity contribution in [1.29, 1.82) is 0 Å². The van der Waals surface area contributed by atoms with Crippen molar-refractivity contribution in [2.24, 2.45) is 5.73 Å². The number of hydrogen-bond donors (Lipinski definition) is 2. The molecule has 1 aromatic carbocycles. The maximum atomic E-state index is 11.0. The van der Waals surface area contributed by atoms with E-state index in [-0.39, 0.29) is 0 Å². The normalized spacial score (nSPS) is 10.0. The van der Waals surface area contributed by atoms with Crippen molar-refractivity contribution in [1.82, 2.24) is 4.98 Å². The van der Waals surface area contributed by atoms with E-state index in [4.69, 9.17) is 5.73 Å². The molecule has 2 rings (SSSR count). The van der Waals surface area contributed by atoms with E-state index in [1.807, 2.05) is 13.8 Å². The van der Waals surface area contributed by atoms with E-state index in [0.717, 1.165) is 0 Å². The van der Waals surface area contributed by atoms with Gasteiger partial charge in [-0.15, -0.1) is 0 Å². The van der Waals surface area contributed by atoms with Crippen LogP contribution in [0.25, 0.3) is 10.9 Å². The lowest BCUT2D eigenvalue weighted by molar-refractivity contribution is 0.460. The Morgan fingerprint density at radius 2 is 1.81 bits per heavy atom. The molecule has 0 bridgehead atoms. The molecule has 0 unspecified atom stereocenters. The van der Waals surface area contributed by atoms with Crippen molar-refractivity contribution in [3.63, 3.8) is 0 Å². The van der Waals surface area contributed by atoms with E-state index in [2.05, 4.69) is 9.40 Å². The largest absolute Gasteiger partial charge is 0.419 e. The highest BCUT2D eigenvalue weighted by Gasteiger charge is 1.98. The van der Waals surface area contributed by atoms with Crippen LogP contribution in [0.4, 0.5) is 0 Å². The van der Waals surface area contributed by atoms with Gasteiger partial charge in [-0.3, -0.25) is 4.98 Å². The molecule has 1 heterocycles. The highest BCUT2D eigenvalue weighted by Crippen LogP contribution is 2.01. The number of nitrogens with one attached hydrogen (secondary N) is 1. The topological polar surface area (TPSA) is 89.1 Å². The maximum Gasteiger partial charge on any atom is 0.419 e. The Labute approximate surface area is 91.9 Å². The number of aromatic amines is 1. The number of para-hydroxylation sites is 1. The van der Waals surface area contributed by atoms with Gasteiger partial charge in [0.2, 0.25) is 0 Å². The van der Waals surface area contributed by atoms with E-state index in [0.29, 0.717) is 16.9 Å². The number of H-pyrrole nitrogens is 1. The van der Waals surface area contributed by atoms with Crippen molar-refractivity contribution in [3.05, 3.63) is 45.2 Å². The Kier molecular flexibility index (Phi) is 4.02. The van der Waals surface area contributed by atoms with Gasteiger partial charge in [0.1, 0.15) is 0 Å². The van der Waals surface area contributed by atoms with Crippen LogP contribution >= 0.6 is 0 Å². The summed E-state index contributed by atoms with van der Waals surface area (Å²) in [5.41, 5.74) is 5.01. The second-order valence-electron chi connectivity index (χ2n) is 3.59. The van der Waals surface area contributed by atoms with Gasteiger partial charge in [-0.25, -0.2) is 9.59 Å². The predicted molar refractivity (Wildman–Crippen MR) is 62.4 cm³/mol. The lowest BCUT2D eigenvalue weighted by Gasteiger charge is -1.91. The Morgan fingerprint density at radius 3 is 2.44 bits per heavy atom. The van der Waals surface area contributed by atoms with Crippen LogP contribution in [0.2, 0.25) is 0 Å². The molecule has 0 amide bonds. The number of rotatable bonds is 0.